The first-order chi connectivity index (χ1) is 7.86. The summed E-state index contributed by atoms with van der Waals surface area (Å²) in [5.74, 6) is 0.803. The van der Waals surface area contributed by atoms with Gasteiger partial charge < -0.3 is 5.32 Å². The van der Waals surface area contributed by atoms with Crippen molar-refractivity contribution in [3.63, 3.8) is 0 Å². The first-order valence-electron chi connectivity index (χ1n) is 6.23. The van der Waals surface area contributed by atoms with Gasteiger partial charge >= 0.3 is 0 Å². The second-order valence-electron chi connectivity index (χ2n) is 4.62. The maximum Gasteiger partial charge on any atom is 0.0355 e. The van der Waals surface area contributed by atoms with Crippen LogP contribution < -0.4 is 5.32 Å². The van der Waals surface area contributed by atoms with Crippen molar-refractivity contribution in [3.8, 4) is 0 Å². The number of rotatable bonds is 5. The van der Waals surface area contributed by atoms with E-state index < -0.39 is 0 Å². The number of nitrogens with one attached hydrogen (secondary N) is 1. The Morgan fingerprint density at radius 1 is 1.44 bits per heavy atom. The lowest BCUT2D eigenvalue weighted by atomic mass is 9.77. The van der Waals surface area contributed by atoms with Crippen LogP contribution in [0.2, 0.25) is 0 Å². The molecule has 2 rings (SSSR count). The highest BCUT2D eigenvalue weighted by atomic mass is 14.9. The molecule has 1 aliphatic rings. The monoisotopic (exact) mass is 215 g/mol. The van der Waals surface area contributed by atoms with Crippen molar-refractivity contribution in [2.75, 3.05) is 7.05 Å². The largest absolute Gasteiger partial charge is 0.313 e. The van der Waals surface area contributed by atoms with Gasteiger partial charge in [-0.25, -0.2) is 0 Å². The summed E-state index contributed by atoms with van der Waals surface area (Å²) in [6.45, 7) is 3.84. The lowest BCUT2D eigenvalue weighted by Crippen LogP contribution is -2.20. The number of hydrogen-bond donors (Lipinski definition) is 1. The maximum atomic E-state index is 3.84. The predicted octanol–water partition coefficient (Wildman–Crippen LogP) is 3.79. The molecule has 1 aromatic carbocycles. The van der Waals surface area contributed by atoms with Gasteiger partial charge in [-0.2, -0.15) is 0 Å². The molecule has 1 N–H and O–H groups in total. The summed E-state index contributed by atoms with van der Waals surface area (Å²) < 4.78 is 0. The van der Waals surface area contributed by atoms with Crippen molar-refractivity contribution in [3.05, 3.63) is 48.0 Å². The molecule has 1 aliphatic carbocycles. The Labute approximate surface area is 98.6 Å². The molecule has 1 saturated carbocycles. The van der Waals surface area contributed by atoms with Crippen LogP contribution in [0.4, 0.5) is 0 Å². The molecule has 0 aromatic heterocycles. The van der Waals surface area contributed by atoms with Gasteiger partial charge in [-0.1, -0.05) is 36.8 Å². The predicted molar refractivity (Wildman–Crippen MR) is 69.6 cm³/mol. The number of hydrogen-bond acceptors (Lipinski definition) is 1. The zero-order valence-electron chi connectivity index (χ0n) is 10.1. The molecule has 16 heavy (non-hydrogen) atoms. The second-order valence-corrected chi connectivity index (χ2v) is 4.62. The van der Waals surface area contributed by atoms with Crippen LogP contribution >= 0.6 is 0 Å². The Bertz CT molecular complexity index is 352. The summed E-state index contributed by atoms with van der Waals surface area (Å²) in [4.78, 5) is 0. The van der Waals surface area contributed by atoms with E-state index in [1.165, 1.54) is 24.8 Å². The molecule has 1 fully saturated rings. The summed E-state index contributed by atoms with van der Waals surface area (Å²) in [6, 6.07) is 9.29. The lowest BCUT2D eigenvalue weighted by Gasteiger charge is -2.30. The van der Waals surface area contributed by atoms with Crippen LogP contribution in [0.25, 0.3) is 0 Å². The maximum absolute atomic E-state index is 3.84. The minimum atomic E-state index is 0.425. The highest BCUT2D eigenvalue weighted by Crippen LogP contribution is 2.39. The molecule has 1 heteroatoms. The van der Waals surface area contributed by atoms with Crippen LogP contribution in [-0.2, 0) is 0 Å². The molecular formula is C15H21N. The first kappa shape index (κ1) is 11.4. The van der Waals surface area contributed by atoms with Crippen LogP contribution in [0.1, 0.15) is 48.8 Å². The van der Waals surface area contributed by atoms with Crippen molar-refractivity contribution in [1.82, 2.24) is 5.32 Å². The summed E-state index contributed by atoms with van der Waals surface area (Å²) in [5.41, 5.74) is 3.02. The molecule has 1 aromatic rings. The van der Waals surface area contributed by atoms with E-state index >= 15 is 0 Å². The third-order valence-corrected chi connectivity index (χ3v) is 3.67. The molecule has 0 amide bonds. The average molecular weight is 215 g/mol. The quantitative estimate of drug-likeness (QED) is 0.737. The fourth-order valence-electron chi connectivity index (χ4n) is 2.49. The fourth-order valence-corrected chi connectivity index (χ4v) is 2.49. The highest BCUT2D eigenvalue weighted by Gasteiger charge is 2.23. The highest BCUT2D eigenvalue weighted by molar-refractivity contribution is 5.34. The zero-order valence-corrected chi connectivity index (χ0v) is 10.1. The van der Waals surface area contributed by atoms with Gasteiger partial charge in [0.05, 0.1) is 0 Å². The Balaban J connectivity index is 2.26. The third-order valence-electron chi connectivity index (χ3n) is 3.67. The van der Waals surface area contributed by atoms with Gasteiger partial charge in [0.2, 0.25) is 0 Å². The Morgan fingerprint density at radius 3 is 2.75 bits per heavy atom. The normalized spacial score (nSPS) is 17.8. The third kappa shape index (κ3) is 2.19. The molecule has 1 unspecified atom stereocenters. The Morgan fingerprint density at radius 2 is 2.19 bits per heavy atom. The molecule has 0 radical (unpaired) electrons. The zero-order chi connectivity index (χ0) is 11.4. The van der Waals surface area contributed by atoms with Crippen LogP contribution in [0, 0.1) is 0 Å². The van der Waals surface area contributed by atoms with Crippen molar-refractivity contribution in [2.24, 2.45) is 0 Å². The average Bonchev–Trinajstić information content (AvgIpc) is 2.25. The Kier molecular flexibility index (Phi) is 3.79. The Hall–Kier alpha value is -1.08. The van der Waals surface area contributed by atoms with E-state index in [4.69, 9.17) is 0 Å². The van der Waals surface area contributed by atoms with Crippen LogP contribution in [0.15, 0.2) is 36.9 Å². The summed E-state index contributed by atoms with van der Waals surface area (Å²) in [6.07, 6.45) is 7.12. The van der Waals surface area contributed by atoms with E-state index in [9.17, 15) is 0 Å². The summed E-state index contributed by atoms with van der Waals surface area (Å²) in [5, 5.41) is 3.39. The van der Waals surface area contributed by atoms with Gasteiger partial charge in [0.1, 0.15) is 0 Å². The van der Waals surface area contributed by atoms with Crippen molar-refractivity contribution >= 4 is 0 Å². The molecule has 0 heterocycles. The molecule has 1 atom stereocenters. The minimum Gasteiger partial charge on any atom is -0.313 e. The van der Waals surface area contributed by atoms with E-state index in [1.807, 2.05) is 13.1 Å². The van der Waals surface area contributed by atoms with E-state index in [-0.39, 0.29) is 0 Å². The van der Waals surface area contributed by atoms with E-state index in [0.29, 0.717) is 6.04 Å². The van der Waals surface area contributed by atoms with E-state index in [2.05, 4.69) is 36.2 Å². The van der Waals surface area contributed by atoms with E-state index in [1.54, 1.807) is 5.56 Å². The topological polar surface area (TPSA) is 12.0 Å². The first-order valence-corrected chi connectivity index (χ1v) is 6.23. The van der Waals surface area contributed by atoms with Gasteiger partial charge in [0.25, 0.3) is 0 Å². The van der Waals surface area contributed by atoms with Gasteiger partial charge in [-0.05, 0) is 43.4 Å². The molecular weight excluding hydrogens is 194 g/mol. The molecule has 86 valence electrons. The fraction of sp³-hybridized carbons (Fsp3) is 0.467. The molecule has 1 nitrogen and oxygen atoms in total. The second kappa shape index (κ2) is 5.31. The van der Waals surface area contributed by atoms with E-state index in [0.717, 1.165) is 12.3 Å². The summed E-state index contributed by atoms with van der Waals surface area (Å²) in [7, 11) is 2.03. The number of benzene rings is 1. The molecule has 0 bridgehead atoms. The van der Waals surface area contributed by atoms with Gasteiger partial charge in [-0.3, -0.25) is 0 Å². The molecule has 0 saturated heterocycles. The summed E-state index contributed by atoms with van der Waals surface area (Å²) >= 11 is 0. The molecule has 0 spiro atoms. The van der Waals surface area contributed by atoms with Gasteiger partial charge in [0.15, 0.2) is 0 Å². The van der Waals surface area contributed by atoms with Crippen molar-refractivity contribution in [1.29, 1.82) is 0 Å². The standard InChI is InChI=1S/C15H21N/c1-3-7-15(16-2)14-11-5-4-10-13(14)12-8-6-9-12/h3-5,10-12,15-16H,1,6-9H2,2H3. The minimum absolute atomic E-state index is 0.425. The molecule has 0 aliphatic heterocycles. The van der Waals surface area contributed by atoms with Gasteiger partial charge in [0, 0.05) is 6.04 Å². The van der Waals surface area contributed by atoms with Crippen LogP contribution in [-0.4, -0.2) is 7.05 Å². The smallest absolute Gasteiger partial charge is 0.0355 e. The van der Waals surface area contributed by atoms with Crippen LogP contribution in [0.5, 0.6) is 0 Å². The van der Waals surface area contributed by atoms with Gasteiger partial charge in [-0.15, -0.1) is 6.58 Å². The van der Waals surface area contributed by atoms with Crippen molar-refractivity contribution in [2.45, 2.75) is 37.6 Å². The SMILES string of the molecule is C=CCC(NC)c1ccccc1C1CCC1. The van der Waals surface area contributed by atoms with Crippen LogP contribution in [0.3, 0.4) is 0 Å². The van der Waals surface area contributed by atoms with Crippen molar-refractivity contribution < 1.29 is 0 Å². The lowest BCUT2D eigenvalue weighted by molar-refractivity contribution is 0.413.